The molecule has 41 heavy (non-hydrogen) atoms. The van der Waals surface area contributed by atoms with E-state index in [0.717, 1.165) is 86.2 Å². The number of benzene rings is 1. The summed E-state index contributed by atoms with van der Waals surface area (Å²) in [6.07, 6.45) is 13.8. The summed E-state index contributed by atoms with van der Waals surface area (Å²) in [4.78, 5) is 15.2. The first-order valence-electron chi connectivity index (χ1n) is 15.3. The van der Waals surface area contributed by atoms with Crippen molar-refractivity contribution in [2.75, 3.05) is 46.5 Å². The van der Waals surface area contributed by atoms with E-state index in [-0.39, 0.29) is 25.3 Å². The lowest BCUT2D eigenvalue weighted by Crippen LogP contribution is -2.35. The van der Waals surface area contributed by atoms with Crippen LogP contribution in [0.2, 0.25) is 0 Å². The van der Waals surface area contributed by atoms with E-state index in [1.54, 1.807) is 0 Å². The summed E-state index contributed by atoms with van der Waals surface area (Å²) >= 11 is 0. The highest BCUT2D eigenvalue weighted by Gasteiger charge is 2.38. The molecule has 0 radical (unpaired) electrons. The predicted molar refractivity (Wildman–Crippen MR) is 163 cm³/mol. The van der Waals surface area contributed by atoms with Gasteiger partial charge < -0.3 is 24.6 Å². The first-order chi connectivity index (χ1) is 20.1. The molecule has 4 rings (SSSR count). The van der Waals surface area contributed by atoms with Gasteiger partial charge in [0, 0.05) is 43.6 Å². The maximum absolute atomic E-state index is 12.9. The average Bonchev–Trinajstić information content (AvgIpc) is 3.22. The molecule has 1 aromatic rings. The summed E-state index contributed by atoms with van der Waals surface area (Å²) in [7, 11) is 1.43. The quantitative estimate of drug-likeness (QED) is 0.252. The van der Waals surface area contributed by atoms with Gasteiger partial charge in [-0.2, -0.15) is 0 Å². The SMILES string of the molecule is CCCCN(CCO)C1=CCC2=C(C=C1)C(c1ccccc1C(=O)OC)=C1CCC(=[N+](CCO)CCCC)CC1O2. The number of methoxy groups -OCH3 is 1. The van der Waals surface area contributed by atoms with Crippen LogP contribution in [-0.4, -0.2) is 84.0 Å². The number of aliphatic hydroxyl groups is 2. The zero-order valence-corrected chi connectivity index (χ0v) is 25.0. The number of hydrogen-bond acceptors (Lipinski definition) is 6. The number of rotatable bonds is 13. The van der Waals surface area contributed by atoms with Crippen LogP contribution in [0.3, 0.4) is 0 Å². The van der Waals surface area contributed by atoms with E-state index in [2.05, 4.69) is 41.6 Å². The lowest BCUT2D eigenvalue weighted by molar-refractivity contribution is -0.533. The molecular weight excluding hydrogens is 516 g/mol. The molecule has 0 amide bonds. The van der Waals surface area contributed by atoms with E-state index in [1.807, 2.05) is 24.3 Å². The number of allylic oxidation sites excluding steroid dienone is 5. The Labute approximate surface area is 245 Å². The predicted octanol–water partition coefficient (Wildman–Crippen LogP) is 5.25. The Morgan fingerprint density at radius 3 is 2.59 bits per heavy atom. The normalized spacial score (nSPS) is 19.6. The molecule has 1 saturated carbocycles. The van der Waals surface area contributed by atoms with Gasteiger partial charge in [-0.25, -0.2) is 9.37 Å². The van der Waals surface area contributed by atoms with Crippen LogP contribution in [0, 0.1) is 0 Å². The maximum atomic E-state index is 12.9. The number of aliphatic hydroxyl groups excluding tert-OH is 2. The molecule has 1 fully saturated rings. The van der Waals surface area contributed by atoms with Crippen LogP contribution in [0.25, 0.3) is 5.57 Å². The second-order valence-electron chi connectivity index (χ2n) is 10.9. The minimum atomic E-state index is -0.347. The fourth-order valence-electron chi connectivity index (χ4n) is 6.16. The van der Waals surface area contributed by atoms with Crippen molar-refractivity contribution in [3.63, 3.8) is 0 Å². The van der Waals surface area contributed by atoms with Gasteiger partial charge in [0.15, 0.2) is 12.3 Å². The summed E-state index contributed by atoms with van der Waals surface area (Å²) in [6, 6.07) is 7.72. The smallest absolute Gasteiger partial charge is 0.338 e. The molecule has 7 heteroatoms. The van der Waals surface area contributed by atoms with Gasteiger partial charge >= 0.3 is 5.97 Å². The van der Waals surface area contributed by atoms with E-state index < -0.39 is 0 Å². The molecule has 1 heterocycles. The van der Waals surface area contributed by atoms with Crippen LogP contribution in [0.5, 0.6) is 0 Å². The van der Waals surface area contributed by atoms with Crippen molar-refractivity contribution < 1.29 is 29.1 Å². The third kappa shape index (κ3) is 7.19. The van der Waals surface area contributed by atoms with Gasteiger partial charge in [0.2, 0.25) is 0 Å². The van der Waals surface area contributed by atoms with Crippen LogP contribution in [-0.2, 0) is 9.47 Å². The summed E-state index contributed by atoms with van der Waals surface area (Å²) in [5.74, 6) is 0.559. The first-order valence-corrected chi connectivity index (χ1v) is 15.3. The highest BCUT2D eigenvalue weighted by molar-refractivity contribution is 6.00. The fourth-order valence-corrected chi connectivity index (χ4v) is 6.16. The molecule has 222 valence electrons. The Morgan fingerprint density at radius 2 is 1.85 bits per heavy atom. The maximum Gasteiger partial charge on any atom is 0.338 e. The van der Waals surface area contributed by atoms with Crippen molar-refractivity contribution in [2.24, 2.45) is 0 Å². The minimum absolute atomic E-state index is 0.101. The van der Waals surface area contributed by atoms with Gasteiger partial charge in [-0.15, -0.1) is 0 Å². The number of unbranched alkanes of at least 4 members (excludes halogenated alkanes) is 2. The van der Waals surface area contributed by atoms with Crippen molar-refractivity contribution in [3.05, 3.63) is 76.2 Å². The molecular formula is C34H47N2O5+. The first kappa shape index (κ1) is 30.8. The lowest BCUT2D eigenvalue weighted by Gasteiger charge is -2.35. The number of hydrogen-bond donors (Lipinski definition) is 2. The summed E-state index contributed by atoms with van der Waals surface area (Å²) in [6.45, 7) is 7.66. The van der Waals surface area contributed by atoms with Crippen molar-refractivity contribution in [1.82, 2.24) is 4.90 Å². The van der Waals surface area contributed by atoms with Crippen molar-refractivity contribution in [1.29, 1.82) is 0 Å². The number of fused-ring (bicyclic) bond motifs is 1. The summed E-state index contributed by atoms with van der Waals surface area (Å²) in [5.41, 5.74) is 7.16. The van der Waals surface area contributed by atoms with E-state index in [9.17, 15) is 15.0 Å². The third-order valence-electron chi connectivity index (χ3n) is 8.30. The zero-order chi connectivity index (χ0) is 29.2. The second-order valence-corrected chi connectivity index (χ2v) is 10.9. The monoisotopic (exact) mass is 563 g/mol. The molecule has 1 unspecified atom stereocenters. The largest absolute Gasteiger partial charge is 0.489 e. The molecule has 1 aliphatic heterocycles. The zero-order valence-electron chi connectivity index (χ0n) is 25.0. The van der Waals surface area contributed by atoms with Gasteiger partial charge in [0.05, 0.1) is 25.7 Å². The lowest BCUT2D eigenvalue weighted by atomic mass is 9.78. The molecule has 2 N–H and O–H groups in total. The molecule has 0 bridgehead atoms. The Balaban J connectivity index is 1.79. The Bertz CT molecular complexity index is 1240. The van der Waals surface area contributed by atoms with Crippen molar-refractivity contribution >= 4 is 17.3 Å². The molecule has 0 saturated heterocycles. The van der Waals surface area contributed by atoms with Crippen molar-refractivity contribution in [3.8, 4) is 0 Å². The Kier molecular flexibility index (Phi) is 11.4. The van der Waals surface area contributed by atoms with Crippen molar-refractivity contribution in [2.45, 2.75) is 71.3 Å². The van der Waals surface area contributed by atoms with E-state index in [4.69, 9.17) is 9.47 Å². The third-order valence-corrected chi connectivity index (χ3v) is 8.30. The molecule has 1 aromatic carbocycles. The highest BCUT2D eigenvalue weighted by atomic mass is 16.5. The van der Waals surface area contributed by atoms with Crippen LogP contribution >= 0.6 is 0 Å². The topological polar surface area (TPSA) is 82.2 Å². The van der Waals surface area contributed by atoms with E-state index in [1.165, 1.54) is 18.4 Å². The number of nitrogens with zero attached hydrogens (tertiary/aromatic N) is 2. The molecule has 1 atom stereocenters. The fraction of sp³-hybridized carbons (Fsp3) is 0.529. The Hall–Kier alpha value is -3.16. The van der Waals surface area contributed by atoms with Gasteiger partial charge in [0.25, 0.3) is 0 Å². The van der Waals surface area contributed by atoms with Crippen LogP contribution in [0.15, 0.2) is 65.1 Å². The number of ether oxygens (including phenoxy) is 2. The van der Waals surface area contributed by atoms with Crippen LogP contribution in [0.1, 0.15) is 81.1 Å². The van der Waals surface area contributed by atoms with Crippen LogP contribution < -0.4 is 0 Å². The molecule has 7 nitrogen and oxygen atoms in total. The number of carbonyl (C=O) groups excluding carboxylic acids is 1. The molecule has 0 spiro atoms. The second kappa shape index (κ2) is 15.2. The van der Waals surface area contributed by atoms with Crippen LogP contribution in [0.4, 0.5) is 0 Å². The summed E-state index contributed by atoms with van der Waals surface area (Å²) < 4.78 is 14.4. The minimum Gasteiger partial charge on any atom is -0.489 e. The molecule has 0 aromatic heterocycles. The number of carbonyl (C=O) groups is 1. The van der Waals surface area contributed by atoms with Gasteiger partial charge in [0.1, 0.15) is 25.0 Å². The Morgan fingerprint density at radius 1 is 1.05 bits per heavy atom. The number of esters is 1. The summed E-state index contributed by atoms with van der Waals surface area (Å²) in [5, 5.41) is 19.5. The van der Waals surface area contributed by atoms with Gasteiger partial charge in [-0.05, 0) is 47.8 Å². The van der Waals surface area contributed by atoms with Gasteiger partial charge in [-0.1, -0.05) is 51.0 Å². The highest BCUT2D eigenvalue weighted by Crippen LogP contribution is 2.45. The van der Waals surface area contributed by atoms with E-state index in [0.29, 0.717) is 25.1 Å². The van der Waals surface area contributed by atoms with Gasteiger partial charge in [-0.3, -0.25) is 0 Å². The van der Waals surface area contributed by atoms with E-state index >= 15 is 0 Å². The molecule has 2 aliphatic carbocycles. The average molecular weight is 564 g/mol. The molecule has 3 aliphatic rings. The standard InChI is InChI=1S/C34H47N2O5/c1-4-6-18-35(20-22-37)25-12-15-29-31(17-14-25)41-32-24-26(36(21-23-38)19-7-5-2)13-16-30(32)33(29)27-10-8-9-11-28(27)34(39)40-3/h8-12,14-15,32,37-38H,4-7,13,16-24H2,1-3H3/q+1.